The summed E-state index contributed by atoms with van der Waals surface area (Å²) in [5.41, 5.74) is 11.1. The quantitative estimate of drug-likeness (QED) is 0.648. The van der Waals surface area contributed by atoms with Crippen LogP contribution in [-0.2, 0) is 6.54 Å². The molecular formula is C19H26N4O. The standard InChI is InChI=1S/C19H26N4O/c1-12(2)15-7-6-8-16(9-15)23-19(20)22-11-17-14(4)18(24-5)13(3)10-21-17/h6-10,12H,11H2,1-5H3,(H3,20,22,23). The minimum Gasteiger partial charge on any atom is -0.496 e. The van der Waals surface area contributed by atoms with E-state index in [0.717, 1.165) is 28.3 Å². The van der Waals surface area contributed by atoms with Crippen molar-refractivity contribution in [1.29, 1.82) is 0 Å². The molecule has 0 aliphatic rings. The Labute approximate surface area is 144 Å². The van der Waals surface area contributed by atoms with E-state index in [4.69, 9.17) is 10.5 Å². The first kappa shape index (κ1) is 17.8. The maximum atomic E-state index is 6.01. The van der Waals surface area contributed by atoms with Gasteiger partial charge in [-0.2, -0.15) is 0 Å². The number of nitrogens with one attached hydrogen (secondary N) is 1. The van der Waals surface area contributed by atoms with E-state index in [1.54, 1.807) is 13.3 Å². The van der Waals surface area contributed by atoms with Gasteiger partial charge in [0.2, 0.25) is 0 Å². The van der Waals surface area contributed by atoms with Crippen molar-refractivity contribution < 1.29 is 4.74 Å². The predicted molar refractivity (Wildman–Crippen MR) is 99.7 cm³/mol. The largest absolute Gasteiger partial charge is 0.496 e. The number of methoxy groups -OCH3 is 1. The number of hydrogen-bond acceptors (Lipinski definition) is 3. The number of nitrogens with zero attached hydrogens (tertiary/aromatic N) is 2. The van der Waals surface area contributed by atoms with E-state index in [1.165, 1.54) is 5.56 Å². The van der Waals surface area contributed by atoms with Crippen LogP contribution in [0.4, 0.5) is 5.69 Å². The zero-order valence-corrected chi connectivity index (χ0v) is 15.1. The minimum absolute atomic E-state index is 0.372. The maximum Gasteiger partial charge on any atom is 0.193 e. The third kappa shape index (κ3) is 4.25. The fourth-order valence-electron chi connectivity index (χ4n) is 2.55. The van der Waals surface area contributed by atoms with Crippen molar-refractivity contribution >= 4 is 11.6 Å². The molecule has 2 rings (SSSR count). The first-order chi connectivity index (χ1) is 11.4. The molecule has 0 fully saturated rings. The molecule has 0 aliphatic heterocycles. The lowest BCUT2D eigenvalue weighted by Crippen LogP contribution is -2.22. The fraction of sp³-hybridized carbons (Fsp3) is 0.368. The number of guanidine groups is 1. The van der Waals surface area contributed by atoms with E-state index in [0.29, 0.717) is 18.4 Å². The van der Waals surface area contributed by atoms with Gasteiger partial charge < -0.3 is 15.8 Å². The van der Waals surface area contributed by atoms with Crippen LogP contribution in [0.1, 0.15) is 42.1 Å². The SMILES string of the molecule is COc1c(C)cnc(CN=C(N)Nc2cccc(C(C)C)c2)c1C. The Kier molecular flexibility index (Phi) is 5.79. The van der Waals surface area contributed by atoms with E-state index in [1.807, 2.05) is 26.0 Å². The Morgan fingerprint density at radius 1 is 1.33 bits per heavy atom. The van der Waals surface area contributed by atoms with Gasteiger partial charge in [0.25, 0.3) is 0 Å². The summed E-state index contributed by atoms with van der Waals surface area (Å²) in [6.07, 6.45) is 1.80. The summed E-state index contributed by atoms with van der Waals surface area (Å²) in [4.78, 5) is 8.83. The Balaban J connectivity index is 2.11. The van der Waals surface area contributed by atoms with Gasteiger partial charge in [-0.15, -0.1) is 0 Å². The molecule has 0 bridgehead atoms. The van der Waals surface area contributed by atoms with Crippen LogP contribution < -0.4 is 15.8 Å². The third-order valence-corrected chi connectivity index (χ3v) is 3.97. The summed E-state index contributed by atoms with van der Waals surface area (Å²) >= 11 is 0. The second-order valence-corrected chi connectivity index (χ2v) is 6.15. The predicted octanol–water partition coefficient (Wildman–Crippen LogP) is 3.76. The van der Waals surface area contributed by atoms with Gasteiger partial charge >= 0.3 is 0 Å². The lowest BCUT2D eigenvalue weighted by atomic mass is 10.0. The second kappa shape index (κ2) is 7.81. The average Bonchev–Trinajstić information content (AvgIpc) is 2.55. The van der Waals surface area contributed by atoms with Crippen LogP contribution in [0.3, 0.4) is 0 Å². The zero-order chi connectivity index (χ0) is 17.7. The van der Waals surface area contributed by atoms with Gasteiger partial charge in [0.05, 0.1) is 19.3 Å². The van der Waals surface area contributed by atoms with E-state index in [9.17, 15) is 0 Å². The monoisotopic (exact) mass is 326 g/mol. The van der Waals surface area contributed by atoms with Crippen molar-refractivity contribution in [2.24, 2.45) is 10.7 Å². The normalized spacial score (nSPS) is 11.7. The van der Waals surface area contributed by atoms with Crippen LogP contribution in [0.5, 0.6) is 5.75 Å². The summed E-state index contributed by atoms with van der Waals surface area (Å²) < 4.78 is 5.42. The molecule has 0 atom stereocenters. The molecule has 2 aromatic rings. The molecule has 1 aromatic carbocycles. The molecule has 5 heteroatoms. The fourth-order valence-corrected chi connectivity index (χ4v) is 2.55. The summed E-state index contributed by atoms with van der Waals surface area (Å²) in [5.74, 6) is 1.69. The van der Waals surface area contributed by atoms with Gasteiger partial charge in [0.15, 0.2) is 5.96 Å². The molecule has 5 nitrogen and oxygen atoms in total. The highest BCUT2D eigenvalue weighted by molar-refractivity contribution is 5.92. The first-order valence-corrected chi connectivity index (χ1v) is 8.08. The average molecular weight is 326 g/mol. The number of benzene rings is 1. The van der Waals surface area contributed by atoms with E-state index in [2.05, 4.69) is 41.3 Å². The molecule has 0 saturated heterocycles. The number of ether oxygens (including phenoxy) is 1. The van der Waals surface area contributed by atoms with Gasteiger partial charge in [-0.3, -0.25) is 4.98 Å². The number of rotatable bonds is 5. The van der Waals surface area contributed by atoms with Crippen molar-refractivity contribution in [2.45, 2.75) is 40.2 Å². The highest BCUT2D eigenvalue weighted by atomic mass is 16.5. The molecule has 128 valence electrons. The lowest BCUT2D eigenvalue weighted by molar-refractivity contribution is 0.407. The number of anilines is 1. The summed E-state index contributed by atoms with van der Waals surface area (Å²) in [5, 5.41) is 3.14. The summed E-state index contributed by atoms with van der Waals surface area (Å²) in [6, 6.07) is 8.19. The van der Waals surface area contributed by atoms with E-state index < -0.39 is 0 Å². The van der Waals surface area contributed by atoms with Crippen molar-refractivity contribution in [3.63, 3.8) is 0 Å². The summed E-state index contributed by atoms with van der Waals surface area (Å²) in [6.45, 7) is 8.69. The van der Waals surface area contributed by atoms with E-state index in [-0.39, 0.29) is 0 Å². The van der Waals surface area contributed by atoms with E-state index >= 15 is 0 Å². The Hall–Kier alpha value is -2.56. The van der Waals surface area contributed by atoms with Gasteiger partial charge in [-0.25, -0.2) is 4.99 Å². The van der Waals surface area contributed by atoms with Gasteiger partial charge in [-0.1, -0.05) is 26.0 Å². The van der Waals surface area contributed by atoms with Crippen molar-refractivity contribution in [3.05, 3.63) is 52.8 Å². The van der Waals surface area contributed by atoms with Crippen LogP contribution in [0.15, 0.2) is 35.5 Å². The van der Waals surface area contributed by atoms with Crippen molar-refractivity contribution in [2.75, 3.05) is 12.4 Å². The van der Waals surface area contributed by atoms with Crippen LogP contribution in [0, 0.1) is 13.8 Å². The molecule has 1 aromatic heterocycles. The number of aryl methyl sites for hydroxylation is 1. The van der Waals surface area contributed by atoms with Gasteiger partial charge in [0, 0.05) is 23.0 Å². The molecule has 1 heterocycles. The third-order valence-electron chi connectivity index (χ3n) is 3.97. The lowest BCUT2D eigenvalue weighted by Gasteiger charge is -2.12. The molecule has 3 N–H and O–H groups in total. The number of nitrogens with two attached hydrogens (primary N) is 1. The molecule has 0 saturated carbocycles. The van der Waals surface area contributed by atoms with Crippen molar-refractivity contribution in [3.8, 4) is 5.75 Å². The molecular weight excluding hydrogens is 300 g/mol. The number of hydrogen-bond donors (Lipinski definition) is 2. The summed E-state index contributed by atoms with van der Waals surface area (Å²) in [7, 11) is 1.67. The molecule has 0 aliphatic carbocycles. The highest BCUT2D eigenvalue weighted by Crippen LogP contribution is 2.24. The smallest absolute Gasteiger partial charge is 0.193 e. The second-order valence-electron chi connectivity index (χ2n) is 6.15. The molecule has 0 spiro atoms. The minimum atomic E-state index is 0.372. The Morgan fingerprint density at radius 2 is 2.08 bits per heavy atom. The maximum absolute atomic E-state index is 6.01. The van der Waals surface area contributed by atoms with Crippen LogP contribution in [-0.4, -0.2) is 18.1 Å². The topological polar surface area (TPSA) is 72.5 Å². The van der Waals surface area contributed by atoms with Crippen LogP contribution in [0.2, 0.25) is 0 Å². The van der Waals surface area contributed by atoms with Gasteiger partial charge in [-0.05, 0) is 37.5 Å². The molecule has 0 unspecified atom stereocenters. The molecule has 24 heavy (non-hydrogen) atoms. The van der Waals surface area contributed by atoms with Crippen molar-refractivity contribution in [1.82, 2.24) is 4.98 Å². The first-order valence-electron chi connectivity index (χ1n) is 8.08. The number of pyridine rings is 1. The highest BCUT2D eigenvalue weighted by Gasteiger charge is 2.09. The molecule has 0 radical (unpaired) electrons. The van der Waals surface area contributed by atoms with Gasteiger partial charge in [0.1, 0.15) is 5.75 Å². The number of aliphatic imine (C=N–C) groups is 1. The number of aromatic nitrogens is 1. The Morgan fingerprint density at radius 3 is 2.75 bits per heavy atom. The molecule has 0 amide bonds. The van der Waals surface area contributed by atoms with Crippen LogP contribution in [0.25, 0.3) is 0 Å². The zero-order valence-electron chi connectivity index (χ0n) is 15.1. The van der Waals surface area contributed by atoms with Crippen LogP contribution >= 0.6 is 0 Å². The Bertz CT molecular complexity index is 738.